The molecular formula is C10H17BrN2S. The van der Waals surface area contributed by atoms with Crippen LogP contribution in [0.2, 0.25) is 0 Å². The smallest absolute Gasteiger partial charge is 0.0285 e. The van der Waals surface area contributed by atoms with Crippen LogP contribution >= 0.6 is 27.3 Å². The summed E-state index contributed by atoms with van der Waals surface area (Å²) in [5, 5.41) is 5.54. The van der Waals surface area contributed by atoms with Crippen molar-refractivity contribution >= 4 is 27.3 Å². The standard InChI is InChI=1S/C10H17BrN2S/c11-9-7-10(14-8-9)3-6-13-5-2-1-4-12/h7-8,13H,1-6,12H2. The highest BCUT2D eigenvalue weighted by molar-refractivity contribution is 9.10. The van der Waals surface area contributed by atoms with Gasteiger partial charge in [0.15, 0.2) is 0 Å². The van der Waals surface area contributed by atoms with Gasteiger partial charge in [-0.25, -0.2) is 0 Å². The Hall–Kier alpha value is 0.1000. The second-order valence-corrected chi connectivity index (χ2v) is 5.14. The number of unbranched alkanes of at least 4 members (excludes halogenated alkanes) is 1. The topological polar surface area (TPSA) is 38.0 Å². The van der Waals surface area contributed by atoms with E-state index >= 15 is 0 Å². The zero-order valence-corrected chi connectivity index (χ0v) is 10.7. The molecule has 0 aliphatic rings. The molecule has 0 saturated heterocycles. The molecule has 0 fully saturated rings. The van der Waals surface area contributed by atoms with Gasteiger partial charge in [-0.15, -0.1) is 11.3 Å². The molecule has 0 amide bonds. The summed E-state index contributed by atoms with van der Waals surface area (Å²) in [6.45, 7) is 2.96. The second kappa shape index (κ2) is 7.40. The maximum Gasteiger partial charge on any atom is 0.0285 e. The van der Waals surface area contributed by atoms with Gasteiger partial charge in [-0.3, -0.25) is 0 Å². The molecule has 1 heterocycles. The molecule has 80 valence electrons. The summed E-state index contributed by atoms with van der Waals surface area (Å²) in [6.07, 6.45) is 3.43. The first kappa shape index (κ1) is 12.2. The van der Waals surface area contributed by atoms with Crippen LogP contribution in [0.3, 0.4) is 0 Å². The lowest BCUT2D eigenvalue weighted by molar-refractivity contribution is 0.629. The van der Waals surface area contributed by atoms with Crippen molar-refractivity contribution in [2.45, 2.75) is 19.3 Å². The summed E-state index contributed by atoms with van der Waals surface area (Å²) in [5.41, 5.74) is 5.41. The largest absolute Gasteiger partial charge is 0.330 e. The lowest BCUT2D eigenvalue weighted by Gasteiger charge is -2.02. The number of rotatable bonds is 7. The van der Waals surface area contributed by atoms with Crippen molar-refractivity contribution in [3.8, 4) is 0 Å². The Morgan fingerprint density at radius 2 is 2.21 bits per heavy atom. The molecule has 0 unspecified atom stereocenters. The van der Waals surface area contributed by atoms with E-state index in [2.05, 4.69) is 32.7 Å². The number of thiophene rings is 1. The normalized spacial score (nSPS) is 10.7. The predicted octanol–water partition coefficient (Wildman–Crippen LogP) is 2.38. The number of nitrogens with two attached hydrogens (primary N) is 1. The highest BCUT2D eigenvalue weighted by Gasteiger charge is 1.96. The fourth-order valence-corrected chi connectivity index (χ4v) is 2.67. The zero-order valence-electron chi connectivity index (χ0n) is 8.26. The molecule has 0 aliphatic carbocycles. The van der Waals surface area contributed by atoms with E-state index in [4.69, 9.17) is 5.73 Å². The summed E-state index contributed by atoms with van der Waals surface area (Å²) in [5.74, 6) is 0. The minimum Gasteiger partial charge on any atom is -0.330 e. The summed E-state index contributed by atoms with van der Waals surface area (Å²) >= 11 is 5.26. The first-order chi connectivity index (χ1) is 6.83. The van der Waals surface area contributed by atoms with Crippen LogP contribution in [-0.4, -0.2) is 19.6 Å². The molecule has 1 aromatic heterocycles. The minimum absolute atomic E-state index is 0.805. The van der Waals surface area contributed by atoms with Crippen LogP contribution in [0.1, 0.15) is 17.7 Å². The summed E-state index contributed by atoms with van der Waals surface area (Å²) in [7, 11) is 0. The molecule has 2 nitrogen and oxygen atoms in total. The van der Waals surface area contributed by atoms with Gasteiger partial charge in [-0.05, 0) is 60.9 Å². The van der Waals surface area contributed by atoms with Gasteiger partial charge >= 0.3 is 0 Å². The van der Waals surface area contributed by atoms with Crippen molar-refractivity contribution in [3.63, 3.8) is 0 Å². The van der Waals surface area contributed by atoms with Crippen molar-refractivity contribution in [3.05, 3.63) is 20.8 Å². The molecule has 0 bridgehead atoms. The van der Waals surface area contributed by atoms with E-state index in [1.807, 2.05) is 11.3 Å². The number of hydrogen-bond donors (Lipinski definition) is 2. The van der Waals surface area contributed by atoms with Gasteiger partial charge in [-0.1, -0.05) is 0 Å². The van der Waals surface area contributed by atoms with Crippen LogP contribution < -0.4 is 11.1 Å². The molecule has 0 saturated carbocycles. The van der Waals surface area contributed by atoms with Crippen LogP contribution in [0.4, 0.5) is 0 Å². The van der Waals surface area contributed by atoms with Crippen molar-refractivity contribution in [1.82, 2.24) is 5.32 Å². The Morgan fingerprint density at radius 1 is 1.36 bits per heavy atom. The van der Waals surface area contributed by atoms with E-state index in [-0.39, 0.29) is 0 Å². The Bertz CT molecular complexity index is 250. The fraction of sp³-hybridized carbons (Fsp3) is 0.600. The average Bonchev–Trinajstić information content (AvgIpc) is 2.58. The van der Waals surface area contributed by atoms with E-state index in [9.17, 15) is 0 Å². The van der Waals surface area contributed by atoms with E-state index in [1.165, 1.54) is 15.8 Å². The van der Waals surface area contributed by atoms with Crippen LogP contribution in [-0.2, 0) is 6.42 Å². The third-order valence-corrected chi connectivity index (χ3v) is 3.74. The first-order valence-electron chi connectivity index (χ1n) is 4.96. The third kappa shape index (κ3) is 5.10. The highest BCUT2D eigenvalue weighted by Crippen LogP contribution is 2.19. The summed E-state index contributed by atoms with van der Waals surface area (Å²) < 4.78 is 1.20. The molecule has 0 aliphatic heterocycles. The highest BCUT2D eigenvalue weighted by atomic mass is 79.9. The maximum absolute atomic E-state index is 5.41. The maximum atomic E-state index is 5.41. The SMILES string of the molecule is NCCCCNCCc1cc(Br)cs1. The molecule has 0 radical (unpaired) electrons. The van der Waals surface area contributed by atoms with Gasteiger partial charge in [0, 0.05) is 14.7 Å². The third-order valence-electron chi connectivity index (χ3n) is 1.98. The summed E-state index contributed by atoms with van der Waals surface area (Å²) in [6, 6.07) is 2.19. The Balaban J connectivity index is 1.99. The van der Waals surface area contributed by atoms with Crippen molar-refractivity contribution in [2.24, 2.45) is 5.73 Å². The molecule has 0 atom stereocenters. The van der Waals surface area contributed by atoms with E-state index in [0.717, 1.165) is 32.5 Å². The van der Waals surface area contributed by atoms with E-state index in [1.54, 1.807) is 0 Å². The quantitative estimate of drug-likeness (QED) is 0.751. The van der Waals surface area contributed by atoms with Gasteiger partial charge in [-0.2, -0.15) is 0 Å². The zero-order chi connectivity index (χ0) is 10.2. The molecule has 14 heavy (non-hydrogen) atoms. The monoisotopic (exact) mass is 276 g/mol. The molecule has 4 heteroatoms. The van der Waals surface area contributed by atoms with Crippen LogP contribution in [0, 0.1) is 0 Å². The van der Waals surface area contributed by atoms with Crippen LogP contribution in [0.5, 0.6) is 0 Å². The van der Waals surface area contributed by atoms with Gasteiger partial charge < -0.3 is 11.1 Å². The second-order valence-electron chi connectivity index (χ2n) is 3.23. The minimum atomic E-state index is 0.805. The molecular weight excluding hydrogens is 260 g/mol. The lowest BCUT2D eigenvalue weighted by atomic mass is 10.3. The first-order valence-corrected chi connectivity index (χ1v) is 6.64. The van der Waals surface area contributed by atoms with Crippen LogP contribution in [0.25, 0.3) is 0 Å². The van der Waals surface area contributed by atoms with E-state index in [0.29, 0.717) is 0 Å². The molecule has 1 rings (SSSR count). The van der Waals surface area contributed by atoms with Crippen LogP contribution in [0.15, 0.2) is 15.9 Å². The van der Waals surface area contributed by atoms with Crippen molar-refractivity contribution < 1.29 is 0 Å². The molecule has 0 aromatic carbocycles. The average molecular weight is 277 g/mol. The Morgan fingerprint density at radius 3 is 2.86 bits per heavy atom. The number of nitrogens with one attached hydrogen (secondary N) is 1. The van der Waals surface area contributed by atoms with Gasteiger partial charge in [0.25, 0.3) is 0 Å². The number of hydrogen-bond acceptors (Lipinski definition) is 3. The van der Waals surface area contributed by atoms with Gasteiger partial charge in [0.2, 0.25) is 0 Å². The number of halogens is 1. The summed E-state index contributed by atoms with van der Waals surface area (Å²) in [4.78, 5) is 1.43. The van der Waals surface area contributed by atoms with E-state index < -0.39 is 0 Å². The van der Waals surface area contributed by atoms with Crippen molar-refractivity contribution in [1.29, 1.82) is 0 Å². The molecule has 1 aromatic rings. The van der Waals surface area contributed by atoms with Gasteiger partial charge in [0.05, 0.1) is 0 Å². The predicted molar refractivity (Wildman–Crippen MR) is 66.9 cm³/mol. The molecule has 0 spiro atoms. The van der Waals surface area contributed by atoms with Crippen molar-refractivity contribution in [2.75, 3.05) is 19.6 Å². The Labute approximate surface area is 98.0 Å². The molecule has 3 N–H and O–H groups in total. The lowest BCUT2D eigenvalue weighted by Crippen LogP contribution is -2.18. The van der Waals surface area contributed by atoms with Gasteiger partial charge in [0.1, 0.15) is 0 Å². The fourth-order valence-electron chi connectivity index (χ4n) is 1.22. The Kier molecular flexibility index (Phi) is 6.43.